The third-order valence-corrected chi connectivity index (χ3v) is 4.81. The first-order chi connectivity index (χ1) is 12.4. The summed E-state index contributed by atoms with van der Waals surface area (Å²) in [7, 11) is 0. The molecular formula is C18H13ClF2N2O2S. The smallest absolute Gasteiger partial charge is 0.234 e. The number of halogens is 3. The van der Waals surface area contributed by atoms with E-state index < -0.39 is 11.6 Å². The molecule has 0 bridgehead atoms. The summed E-state index contributed by atoms with van der Waals surface area (Å²) in [6.45, 7) is 0. The van der Waals surface area contributed by atoms with E-state index in [2.05, 4.69) is 10.3 Å². The molecule has 0 saturated carbocycles. The van der Waals surface area contributed by atoms with E-state index in [0.717, 1.165) is 0 Å². The average Bonchev–Trinajstić information content (AvgIpc) is 2.59. The Morgan fingerprint density at radius 3 is 2.73 bits per heavy atom. The van der Waals surface area contributed by atoms with Crippen molar-refractivity contribution in [3.63, 3.8) is 0 Å². The number of amides is 1. The van der Waals surface area contributed by atoms with Crippen LogP contribution in [-0.2, 0) is 10.5 Å². The number of pyridine rings is 1. The maximum Gasteiger partial charge on any atom is 0.234 e. The summed E-state index contributed by atoms with van der Waals surface area (Å²) in [4.78, 5) is 27.0. The zero-order chi connectivity index (χ0) is 18.7. The second kappa shape index (κ2) is 7.88. The van der Waals surface area contributed by atoms with Gasteiger partial charge in [-0.2, -0.15) is 0 Å². The Morgan fingerprint density at radius 1 is 1.15 bits per heavy atom. The fourth-order valence-corrected chi connectivity index (χ4v) is 3.29. The monoisotopic (exact) mass is 394 g/mol. The molecule has 3 rings (SSSR count). The van der Waals surface area contributed by atoms with Crippen LogP contribution in [0.2, 0.25) is 5.02 Å². The van der Waals surface area contributed by atoms with E-state index in [0.29, 0.717) is 22.7 Å². The third kappa shape index (κ3) is 4.42. The largest absolute Gasteiger partial charge is 0.357 e. The lowest BCUT2D eigenvalue weighted by Gasteiger charge is -2.07. The van der Waals surface area contributed by atoms with E-state index >= 15 is 0 Å². The summed E-state index contributed by atoms with van der Waals surface area (Å²) in [5.74, 6) is -0.761. The minimum absolute atomic E-state index is 0.0689. The Balaban J connectivity index is 1.60. The zero-order valence-electron chi connectivity index (χ0n) is 13.3. The first-order valence-corrected chi connectivity index (χ1v) is 9.10. The average molecular weight is 395 g/mol. The normalized spacial score (nSPS) is 10.9. The molecule has 1 heterocycles. The number of carbonyl (C=O) groups excluding carboxylic acids is 1. The predicted molar refractivity (Wildman–Crippen MR) is 101 cm³/mol. The van der Waals surface area contributed by atoms with Crippen molar-refractivity contribution in [1.82, 2.24) is 4.98 Å². The van der Waals surface area contributed by atoms with Crippen LogP contribution in [0.4, 0.5) is 14.5 Å². The maximum atomic E-state index is 13.2. The highest BCUT2D eigenvalue weighted by Crippen LogP contribution is 2.20. The van der Waals surface area contributed by atoms with Gasteiger partial charge in [-0.3, -0.25) is 9.59 Å². The van der Waals surface area contributed by atoms with Crippen molar-refractivity contribution in [2.45, 2.75) is 5.75 Å². The maximum absolute atomic E-state index is 13.2. The van der Waals surface area contributed by atoms with Crippen molar-refractivity contribution in [2.24, 2.45) is 0 Å². The van der Waals surface area contributed by atoms with Crippen LogP contribution >= 0.6 is 23.4 Å². The molecule has 0 fully saturated rings. The summed E-state index contributed by atoms with van der Waals surface area (Å²) in [5, 5.41) is 2.83. The van der Waals surface area contributed by atoms with E-state index in [9.17, 15) is 18.4 Å². The number of hydrogen-bond acceptors (Lipinski definition) is 3. The minimum Gasteiger partial charge on any atom is -0.357 e. The minimum atomic E-state index is -0.556. The molecule has 134 valence electrons. The molecule has 1 aromatic heterocycles. The van der Waals surface area contributed by atoms with Gasteiger partial charge in [0.1, 0.15) is 11.6 Å². The van der Waals surface area contributed by atoms with Gasteiger partial charge in [-0.25, -0.2) is 8.78 Å². The highest BCUT2D eigenvalue weighted by Gasteiger charge is 2.07. The van der Waals surface area contributed by atoms with Gasteiger partial charge in [0.05, 0.1) is 10.8 Å². The number of thioether (sulfide) groups is 1. The highest BCUT2D eigenvalue weighted by atomic mass is 35.5. The van der Waals surface area contributed by atoms with Gasteiger partial charge in [0.15, 0.2) is 5.43 Å². The number of fused-ring (bicyclic) bond motifs is 1. The highest BCUT2D eigenvalue weighted by molar-refractivity contribution is 7.99. The quantitative estimate of drug-likeness (QED) is 0.677. The Morgan fingerprint density at radius 2 is 1.96 bits per heavy atom. The van der Waals surface area contributed by atoms with Crippen LogP contribution in [0.15, 0.2) is 47.3 Å². The van der Waals surface area contributed by atoms with Gasteiger partial charge in [0.2, 0.25) is 5.91 Å². The number of rotatable bonds is 5. The Labute approximate surface area is 156 Å². The topological polar surface area (TPSA) is 62.0 Å². The van der Waals surface area contributed by atoms with Gasteiger partial charge in [-0.1, -0.05) is 11.6 Å². The van der Waals surface area contributed by atoms with Crippen molar-refractivity contribution in [1.29, 1.82) is 0 Å². The fraction of sp³-hybridized carbons (Fsp3) is 0.111. The molecule has 0 aliphatic rings. The molecule has 0 radical (unpaired) electrons. The van der Waals surface area contributed by atoms with Gasteiger partial charge in [0, 0.05) is 34.1 Å². The van der Waals surface area contributed by atoms with E-state index in [1.807, 2.05) is 0 Å². The molecule has 0 atom stereocenters. The lowest BCUT2D eigenvalue weighted by Crippen LogP contribution is -2.14. The van der Waals surface area contributed by atoms with E-state index in [1.165, 1.54) is 54.2 Å². The Hall–Kier alpha value is -2.38. The zero-order valence-corrected chi connectivity index (χ0v) is 14.9. The summed E-state index contributed by atoms with van der Waals surface area (Å²) in [5.41, 5.74) is 1.30. The molecule has 0 saturated heterocycles. The molecule has 0 unspecified atom stereocenters. The van der Waals surface area contributed by atoms with Gasteiger partial charge < -0.3 is 10.3 Å². The molecule has 0 spiro atoms. The van der Waals surface area contributed by atoms with Crippen LogP contribution in [0.1, 0.15) is 5.69 Å². The number of anilines is 1. The third-order valence-electron chi connectivity index (χ3n) is 3.54. The van der Waals surface area contributed by atoms with Crippen LogP contribution in [0, 0.1) is 11.6 Å². The molecule has 3 aromatic rings. The second-order valence-electron chi connectivity index (χ2n) is 5.52. The molecular weight excluding hydrogens is 382 g/mol. The molecule has 4 nitrogen and oxygen atoms in total. The predicted octanol–water partition coefficient (Wildman–Crippen LogP) is 4.33. The number of aromatic amines is 1. The molecule has 0 aliphatic heterocycles. The van der Waals surface area contributed by atoms with Crippen LogP contribution in [0.5, 0.6) is 0 Å². The van der Waals surface area contributed by atoms with Gasteiger partial charge in [-0.15, -0.1) is 11.8 Å². The molecule has 8 heteroatoms. The number of H-pyrrole nitrogens is 1. The first-order valence-electron chi connectivity index (χ1n) is 7.56. The fourth-order valence-electron chi connectivity index (χ4n) is 2.38. The molecule has 26 heavy (non-hydrogen) atoms. The molecule has 2 aromatic carbocycles. The molecule has 0 aliphatic carbocycles. The van der Waals surface area contributed by atoms with Crippen LogP contribution in [0.25, 0.3) is 10.9 Å². The van der Waals surface area contributed by atoms with Crippen LogP contribution in [-0.4, -0.2) is 16.6 Å². The number of carbonyl (C=O) groups is 1. The summed E-state index contributed by atoms with van der Waals surface area (Å²) < 4.78 is 26.3. The first kappa shape index (κ1) is 18.4. The lowest BCUT2D eigenvalue weighted by molar-refractivity contribution is -0.113. The van der Waals surface area contributed by atoms with Gasteiger partial charge in [0.25, 0.3) is 0 Å². The van der Waals surface area contributed by atoms with Gasteiger partial charge in [-0.05, 0) is 36.4 Å². The van der Waals surface area contributed by atoms with Crippen LogP contribution < -0.4 is 10.7 Å². The molecule has 1 amide bonds. The summed E-state index contributed by atoms with van der Waals surface area (Å²) >= 11 is 6.96. The molecule has 2 N–H and O–H groups in total. The van der Waals surface area contributed by atoms with Crippen molar-refractivity contribution in [2.75, 3.05) is 11.1 Å². The van der Waals surface area contributed by atoms with Crippen molar-refractivity contribution in [3.05, 3.63) is 75.0 Å². The summed E-state index contributed by atoms with van der Waals surface area (Å²) in [6, 6.07) is 9.29. The number of aromatic nitrogens is 1. The van der Waals surface area contributed by atoms with E-state index in [1.54, 1.807) is 0 Å². The number of benzene rings is 2. The lowest BCUT2D eigenvalue weighted by atomic mass is 10.2. The Kier molecular flexibility index (Phi) is 5.58. The van der Waals surface area contributed by atoms with Gasteiger partial charge >= 0.3 is 0 Å². The van der Waals surface area contributed by atoms with Crippen molar-refractivity contribution >= 4 is 45.9 Å². The van der Waals surface area contributed by atoms with Crippen molar-refractivity contribution < 1.29 is 13.6 Å². The number of nitrogens with one attached hydrogen (secondary N) is 2. The van der Waals surface area contributed by atoms with Crippen LogP contribution in [0.3, 0.4) is 0 Å². The second-order valence-corrected chi connectivity index (χ2v) is 6.91. The number of hydrogen-bond donors (Lipinski definition) is 2. The summed E-state index contributed by atoms with van der Waals surface area (Å²) in [6.07, 6.45) is 0. The van der Waals surface area contributed by atoms with E-state index in [4.69, 9.17) is 11.6 Å². The van der Waals surface area contributed by atoms with E-state index in [-0.39, 0.29) is 27.5 Å². The SMILES string of the molecule is O=C(CSCc1cc(=O)c2cc(F)ccc2[nH]1)Nc1ccc(F)c(Cl)c1. The Bertz CT molecular complexity index is 1040. The van der Waals surface area contributed by atoms with Crippen molar-refractivity contribution in [3.8, 4) is 0 Å². The standard InChI is InChI=1S/C18H13ClF2N2O2S/c19-14-6-11(2-3-15(14)21)23-18(25)9-26-8-12-7-17(24)13-5-10(20)1-4-16(13)22-12/h1-7H,8-9H2,(H,22,24)(H,23,25).